The van der Waals surface area contributed by atoms with E-state index >= 15 is 0 Å². The van der Waals surface area contributed by atoms with Crippen molar-refractivity contribution in [1.29, 1.82) is 0 Å². The van der Waals surface area contributed by atoms with E-state index in [2.05, 4.69) is 20.5 Å². The highest BCUT2D eigenvalue weighted by Gasteiger charge is 2.11. The van der Waals surface area contributed by atoms with Crippen LogP contribution in [0.1, 0.15) is 0 Å². The van der Waals surface area contributed by atoms with Crippen molar-refractivity contribution in [1.82, 2.24) is 25.2 Å². The number of rotatable bonds is 1. The second-order valence-electron chi connectivity index (χ2n) is 3.65. The van der Waals surface area contributed by atoms with E-state index in [-0.39, 0.29) is 0 Å². The summed E-state index contributed by atoms with van der Waals surface area (Å²) in [6.45, 7) is 0. The largest absolute Gasteiger partial charge is 0.399 e. The summed E-state index contributed by atoms with van der Waals surface area (Å²) in [4.78, 5) is 0. The Labute approximate surface area is 91.1 Å². The van der Waals surface area contributed by atoms with E-state index in [1.165, 1.54) is 0 Å². The second kappa shape index (κ2) is 3.06. The average Bonchev–Trinajstić information content (AvgIpc) is 2.83. The Bertz CT molecular complexity index is 650. The van der Waals surface area contributed by atoms with Crippen molar-refractivity contribution in [3.63, 3.8) is 0 Å². The highest BCUT2D eigenvalue weighted by molar-refractivity contribution is 5.93. The van der Waals surface area contributed by atoms with E-state index in [1.54, 1.807) is 4.68 Å². The van der Waals surface area contributed by atoms with Gasteiger partial charge in [-0.1, -0.05) is 5.21 Å². The SMILES string of the molecule is Cn1cc(-c2n[nH]c3ccc(N)cc23)nn1. The average molecular weight is 214 g/mol. The molecule has 6 heteroatoms. The Morgan fingerprint density at radius 1 is 1.38 bits per heavy atom. The van der Waals surface area contributed by atoms with Crippen molar-refractivity contribution in [3.05, 3.63) is 24.4 Å². The van der Waals surface area contributed by atoms with Gasteiger partial charge < -0.3 is 5.73 Å². The zero-order valence-electron chi connectivity index (χ0n) is 8.68. The van der Waals surface area contributed by atoms with Crippen LogP contribution >= 0.6 is 0 Å². The smallest absolute Gasteiger partial charge is 0.133 e. The number of benzene rings is 1. The maximum absolute atomic E-state index is 5.75. The molecule has 0 unspecified atom stereocenters. The van der Waals surface area contributed by atoms with Crippen LogP contribution in [0, 0.1) is 0 Å². The predicted molar refractivity (Wildman–Crippen MR) is 60.5 cm³/mol. The lowest BCUT2D eigenvalue weighted by Crippen LogP contribution is -1.85. The summed E-state index contributed by atoms with van der Waals surface area (Å²) in [5.74, 6) is 0. The number of aryl methyl sites for hydroxylation is 1. The predicted octanol–water partition coefficient (Wildman–Crippen LogP) is 0.941. The molecule has 6 nitrogen and oxygen atoms in total. The van der Waals surface area contributed by atoms with Crippen LogP contribution < -0.4 is 5.73 Å². The molecule has 80 valence electrons. The molecule has 2 aromatic heterocycles. The van der Waals surface area contributed by atoms with Gasteiger partial charge in [0.15, 0.2) is 0 Å². The number of hydrogen-bond donors (Lipinski definition) is 2. The highest BCUT2D eigenvalue weighted by atomic mass is 15.4. The molecule has 0 amide bonds. The Morgan fingerprint density at radius 2 is 2.25 bits per heavy atom. The number of aromatic nitrogens is 5. The van der Waals surface area contributed by atoms with E-state index in [0.29, 0.717) is 5.69 Å². The Hall–Kier alpha value is -2.37. The summed E-state index contributed by atoms with van der Waals surface area (Å²) in [5.41, 5.74) is 8.91. The fourth-order valence-corrected chi connectivity index (χ4v) is 1.68. The van der Waals surface area contributed by atoms with E-state index in [1.807, 2.05) is 31.4 Å². The zero-order valence-corrected chi connectivity index (χ0v) is 8.68. The molecule has 3 aromatic rings. The molecule has 0 aliphatic heterocycles. The molecule has 1 aromatic carbocycles. The first-order chi connectivity index (χ1) is 7.74. The monoisotopic (exact) mass is 214 g/mol. The Morgan fingerprint density at radius 3 is 3.00 bits per heavy atom. The third-order valence-electron chi connectivity index (χ3n) is 2.43. The van der Waals surface area contributed by atoms with Gasteiger partial charge in [-0.3, -0.25) is 9.78 Å². The van der Waals surface area contributed by atoms with E-state index in [0.717, 1.165) is 22.3 Å². The van der Waals surface area contributed by atoms with Crippen molar-refractivity contribution >= 4 is 16.6 Å². The number of H-pyrrole nitrogens is 1. The highest BCUT2D eigenvalue weighted by Crippen LogP contribution is 2.25. The first-order valence-electron chi connectivity index (χ1n) is 4.84. The molecule has 0 saturated heterocycles. The lowest BCUT2D eigenvalue weighted by Gasteiger charge is -1.93. The van der Waals surface area contributed by atoms with Gasteiger partial charge in [0.25, 0.3) is 0 Å². The van der Waals surface area contributed by atoms with Crippen LogP contribution in [0.5, 0.6) is 0 Å². The summed E-state index contributed by atoms with van der Waals surface area (Å²) in [5, 5.41) is 16.0. The molecule has 3 N–H and O–H groups in total. The molecule has 0 radical (unpaired) electrons. The third-order valence-corrected chi connectivity index (χ3v) is 2.43. The number of nitrogens with zero attached hydrogens (tertiary/aromatic N) is 4. The maximum atomic E-state index is 5.75. The molecule has 0 bridgehead atoms. The summed E-state index contributed by atoms with van der Waals surface area (Å²) in [6.07, 6.45) is 1.82. The fourth-order valence-electron chi connectivity index (χ4n) is 1.68. The van der Waals surface area contributed by atoms with Gasteiger partial charge in [-0.05, 0) is 18.2 Å². The minimum atomic E-state index is 0.707. The van der Waals surface area contributed by atoms with Crippen molar-refractivity contribution < 1.29 is 0 Å². The van der Waals surface area contributed by atoms with Crippen LogP contribution in [0.4, 0.5) is 5.69 Å². The number of nitrogens with two attached hydrogens (primary N) is 1. The molecule has 0 atom stereocenters. The zero-order chi connectivity index (χ0) is 11.1. The van der Waals surface area contributed by atoms with Crippen molar-refractivity contribution in [2.24, 2.45) is 7.05 Å². The van der Waals surface area contributed by atoms with Gasteiger partial charge in [-0.15, -0.1) is 5.10 Å². The summed E-state index contributed by atoms with van der Waals surface area (Å²) >= 11 is 0. The molecule has 0 spiro atoms. The molecule has 2 heterocycles. The lowest BCUT2D eigenvalue weighted by molar-refractivity contribution is 0.715. The Kier molecular flexibility index (Phi) is 1.70. The van der Waals surface area contributed by atoms with E-state index < -0.39 is 0 Å². The number of nitrogens with one attached hydrogen (secondary N) is 1. The summed E-state index contributed by atoms with van der Waals surface area (Å²) in [7, 11) is 1.82. The van der Waals surface area contributed by atoms with Crippen LogP contribution in [0.3, 0.4) is 0 Å². The van der Waals surface area contributed by atoms with E-state index in [4.69, 9.17) is 5.73 Å². The van der Waals surface area contributed by atoms with Gasteiger partial charge in [0.2, 0.25) is 0 Å². The molecule has 0 aliphatic rings. The van der Waals surface area contributed by atoms with Gasteiger partial charge in [-0.2, -0.15) is 5.10 Å². The second-order valence-corrected chi connectivity index (χ2v) is 3.65. The van der Waals surface area contributed by atoms with Crippen LogP contribution in [-0.4, -0.2) is 25.2 Å². The molecular weight excluding hydrogens is 204 g/mol. The number of nitrogen functional groups attached to an aromatic ring is 1. The van der Waals surface area contributed by atoms with Crippen LogP contribution in [0.15, 0.2) is 24.4 Å². The number of fused-ring (bicyclic) bond motifs is 1. The fraction of sp³-hybridized carbons (Fsp3) is 0.100. The molecule has 3 rings (SSSR count). The van der Waals surface area contributed by atoms with Crippen molar-refractivity contribution in [2.75, 3.05) is 5.73 Å². The number of hydrogen-bond acceptors (Lipinski definition) is 4. The number of aromatic amines is 1. The first-order valence-corrected chi connectivity index (χ1v) is 4.84. The third kappa shape index (κ3) is 1.23. The standard InChI is InChI=1S/C10H10N6/c1-16-5-9(13-15-16)10-7-4-6(11)2-3-8(7)12-14-10/h2-5H,11H2,1H3,(H,12,14). The topological polar surface area (TPSA) is 85.4 Å². The molecule has 0 aliphatic carbocycles. The quantitative estimate of drug-likeness (QED) is 0.590. The maximum Gasteiger partial charge on any atom is 0.133 e. The van der Waals surface area contributed by atoms with Gasteiger partial charge in [0.05, 0.1) is 11.7 Å². The normalized spacial score (nSPS) is 11.1. The molecule has 0 fully saturated rings. The molecule has 16 heavy (non-hydrogen) atoms. The lowest BCUT2D eigenvalue weighted by atomic mass is 10.1. The molecule has 0 saturated carbocycles. The van der Waals surface area contributed by atoms with Gasteiger partial charge >= 0.3 is 0 Å². The first kappa shape index (κ1) is 8.90. The van der Waals surface area contributed by atoms with Crippen molar-refractivity contribution in [2.45, 2.75) is 0 Å². The van der Waals surface area contributed by atoms with Gasteiger partial charge in [0.1, 0.15) is 11.4 Å². The van der Waals surface area contributed by atoms with Crippen LogP contribution in [-0.2, 0) is 7.05 Å². The van der Waals surface area contributed by atoms with Crippen LogP contribution in [0.2, 0.25) is 0 Å². The minimum Gasteiger partial charge on any atom is -0.399 e. The van der Waals surface area contributed by atoms with Crippen molar-refractivity contribution in [3.8, 4) is 11.4 Å². The van der Waals surface area contributed by atoms with Gasteiger partial charge in [0, 0.05) is 18.1 Å². The van der Waals surface area contributed by atoms with Crippen LogP contribution in [0.25, 0.3) is 22.3 Å². The minimum absolute atomic E-state index is 0.707. The summed E-state index contributed by atoms with van der Waals surface area (Å²) in [6, 6.07) is 5.61. The van der Waals surface area contributed by atoms with E-state index in [9.17, 15) is 0 Å². The number of anilines is 1. The van der Waals surface area contributed by atoms with Gasteiger partial charge in [-0.25, -0.2) is 0 Å². The Balaban J connectivity index is 2.27. The summed E-state index contributed by atoms with van der Waals surface area (Å²) < 4.78 is 1.64. The molecular formula is C10H10N6.